The highest BCUT2D eigenvalue weighted by atomic mass is 31.1. The molecular formula is C19H23F10P. The van der Waals surface area contributed by atoms with Crippen molar-refractivity contribution in [1.29, 1.82) is 0 Å². The van der Waals surface area contributed by atoms with Gasteiger partial charge in [0.1, 0.15) is 0 Å². The summed E-state index contributed by atoms with van der Waals surface area (Å²) in [6, 6.07) is -0.154. The molecule has 0 amide bonds. The van der Waals surface area contributed by atoms with Crippen LogP contribution in [0.3, 0.4) is 0 Å². The Morgan fingerprint density at radius 1 is 0.733 bits per heavy atom. The predicted molar refractivity (Wildman–Crippen MR) is 96.2 cm³/mol. The summed E-state index contributed by atoms with van der Waals surface area (Å²) in [4.78, 5) is 0. The largest absolute Gasteiger partial charge is 0.376 e. The van der Waals surface area contributed by atoms with Gasteiger partial charge in [0.15, 0.2) is 23.3 Å². The molecule has 0 saturated heterocycles. The summed E-state index contributed by atoms with van der Waals surface area (Å²) in [6.45, 7) is 3.20. The van der Waals surface area contributed by atoms with Gasteiger partial charge in [-0.2, -0.15) is 26.3 Å². The Bertz CT molecular complexity index is 705. The lowest BCUT2D eigenvalue weighted by Crippen LogP contribution is -2.54. The van der Waals surface area contributed by atoms with E-state index in [1.165, 1.54) is 6.92 Å². The standard InChI is InChI=1S/C19H23F10P/c1-3-5-7-8-9-17(24,25)18(26,27)19(28,29)30(10-6-4-2)13-11-12(20)14(21)16(23)15(13)22/h11H,3-10H2,1-2H3. The molecule has 0 heterocycles. The average Bonchev–Trinajstić information content (AvgIpc) is 2.67. The van der Waals surface area contributed by atoms with Crippen molar-refractivity contribution in [3.63, 3.8) is 0 Å². The smallest absolute Gasteiger partial charge is 0.204 e. The van der Waals surface area contributed by atoms with Crippen molar-refractivity contribution < 1.29 is 43.9 Å². The molecule has 0 aliphatic carbocycles. The van der Waals surface area contributed by atoms with Crippen LogP contribution >= 0.6 is 7.92 Å². The molecule has 30 heavy (non-hydrogen) atoms. The summed E-state index contributed by atoms with van der Waals surface area (Å²) in [5.41, 5.74) is -5.50. The summed E-state index contributed by atoms with van der Waals surface area (Å²) in [5, 5.41) is -1.54. The van der Waals surface area contributed by atoms with Crippen LogP contribution in [-0.2, 0) is 0 Å². The number of alkyl halides is 6. The zero-order valence-electron chi connectivity index (χ0n) is 16.5. The molecule has 0 nitrogen and oxygen atoms in total. The lowest BCUT2D eigenvalue weighted by atomic mass is 10.0. The second-order valence-corrected chi connectivity index (χ2v) is 9.30. The number of unbranched alkanes of at least 4 members (excludes halogenated alkanes) is 4. The molecular weight excluding hydrogens is 449 g/mol. The SMILES string of the molecule is CCCCCCC(F)(F)C(F)(F)C(F)(F)P(CCCC)c1cc(F)c(F)c(F)c1F. The third kappa shape index (κ3) is 5.40. The lowest BCUT2D eigenvalue weighted by molar-refractivity contribution is -0.280. The van der Waals surface area contributed by atoms with Crippen molar-refractivity contribution in [2.75, 3.05) is 6.16 Å². The molecule has 0 aliphatic heterocycles. The first-order chi connectivity index (χ1) is 13.8. The maximum absolute atomic E-state index is 14.8. The van der Waals surface area contributed by atoms with Gasteiger partial charge in [-0.1, -0.05) is 39.5 Å². The summed E-state index contributed by atoms with van der Waals surface area (Å²) < 4.78 is 141. The summed E-state index contributed by atoms with van der Waals surface area (Å²) in [5.74, 6) is -20.2. The highest BCUT2D eigenvalue weighted by Crippen LogP contribution is 2.63. The minimum absolute atomic E-state index is 0.126. The summed E-state index contributed by atoms with van der Waals surface area (Å²) in [7, 11) is -3.83. The minimum Gasteiger partial charge on any atom is -0.204 e. The number of benzene rings is 1. The quantitative estimate of drug-likeness (QED) is 0.0951. The third-order valence-electron chi connectivity index (χ3n) is 4.63. The lowest BCUT2D eigenvalue weighted by Gasteiger charge is -2.38. The van der Waals surface area contributed by atoms with Gasteiger partial charge in [0, 0.05) is 19.6 Å². The Hall–Kier alpha value is -1.05. The van der Waals surface area contributed by atoms with Crippen molar-refractivity contribution in [2.24, 2.45) is 0 Å². The minimum atomic E-state index is -5.90. The number of rotatable bonds is 12. The fraction of sp³-hybridized carbons (Fsp3) is 0.684. The van der Waals surface area contributed by atoms with Crippen molar-refractivity contribution in [3.05, 3.63) is 29.3 Å². The van der Waals surface area contributed by atoms with E-state index in [0.29, 0.717) is 12.8 Å². The van der Waals surface area contributed by atoms with Crippen LogP contribution in [0.1, 0.15) is 58.8 Å². The van der Waals surface area contributed by atoms with Crippen LogP contribution in [0.25, 0.3) is 0 Å². The molecule has 1 aromatic carbocycles. The van der Waals surface area contributed by atoms with E-state index in [2.05, 4.69) is 0 Å². The normalized spacial score (nSPS) is 14.3. The van der Waals surface area contributed by atoms with Crippen molar-refractivity contribution >= 4 is 13.2 Å². The van der Waals surface area contributed by atoms with Crippen LogP contribution in [0.4, 0.5) is 43.9 Å². The number of halogens is 10. The van der Waals surface area contributed by atoms with Crippen molar-refractivity contribution in [2.45, 2.75) is 76.3 Å². The summed E-state index contributed by atoms with van der Waals surface area (Å²) >= 11 is 0. The van der Waals surface area contributed by atoms with Crippen LogP contribution in [0.5, 0.6) is 0 Å². The van der Waals surface area contributed by atoms with E-state index in [0.717, 1.165) is 0 Å². The van der Waals surface area contributed by atoms with Crippen LogP contribution in [0, 0.1) is 23.3 Å². The van der Waals surface area contributed by atoms with Crippen molar-refractivity contribution in [3.8, 4) is 0 Å². The molecule has 0 aromatic heterocycles. The average molecular weight is 472 g/mol. The van der Waals surface area contributed by atoms with Gasteiger partial charge in [0.05, 0.1) is 0 Å². The van der Waals surface area contributed by atoms with Gasteiger partial charge in [-0.3, -0.25) is 0 Å². The van der Waals surface area contributed by atoms with E-state index in [4.69, 9.17) is 0 Å². The van der Waals surface area contributed by atoms with Gasteiger partial charge in [0.2, 0.25) is 0 Å². The van der Waals surface area contributed by atoms with Gasteiger partial charge >= 0.3 is 17.5 Å². The second kappa shape index (κ2) is 10.5. The topological polar surface area (TPSA) is 0 Å². The predicted octanol–water partition coefficient (Wildman–Crippen LogP) is 7.98. The van der Waals surface area contributed by atoms with E-state index in [9.17, 15) is 43.9 Å². The van der Waals surface area contributed by atoms with Gasteiger partial charge in [0.25, 0.3) is 0 Å². The Balaban J connectivity index is 3.42. The monoisotopic (exact) mass is 472 g/mol. The molecule has 174 valence electrons. The second-order valence-electron chi connectivity index (χ2n) is 6.96. The zero-order valence-corrected chi connectivity index (χ0v) is 17.4. The molecule has 0 aliphatic rings. The molecule has 11 heteroatoms. The van der Waals surface area contributed by atoms with Gasteiger partial charge in [-0.15, -0.1) is 0 Å². The molecule has 1 unspecified atom stereocenters. The maximum atomic E-state index is 14.8. The first-order valence-corrected chi connectivity index (χ1v) is 11.0. The first kappa shape index (κ1) is 27.0. The molecule has 0 N–H and O–H groups in total. The molecule has 0 bridgehead atoms. The molecule has 0 spiro atoms. The molecule has 0 fully saturated rings. The van der Waals surface area contributed by atoms with Crippen LogP contribution in [0.15, 0.2) is 6.07 Å². The van der Waals surface area contributed by atoms with Crippen LogP contribution in [0.2, 0.25) is 0 Å². The van der Waals surface area contributed by atoms with Crippen LogP contribution in [-0.4, -0.2) is 23.7 Å². The van der Waals surface area contributed by atoms with Crippen LogP contribution < -0.4 is 5.30 Å². The Morgan fingerprint density at radius 2 is 1.30 bits per heavy atom. The number of hydrogen-bond donors (Lipinski definition) is 0. The van der Waals surface area contributed by atoms with Gasteiger partial charge in [-0.05, 0) is 25.1 Å². The Morgan fingerprint density at radius 3 is 1.83 bits per heavy atom. The van der Waals surface area contributed by atoms with E-state index in [1.54, 1.807) is 6.92 Å². The molecule has 1 aromatic rings. The van der Waals surface area contributed by atoms with Gasteiger partial charge < -0.3 is 0 Å². The summed E-state index contributed by atoms with van der Waals surface area (Å²) in [6.07, 6.45) is -1.78. The fourth-order valence-corrected chi connectivity index (χ4v) is 5.37. The molecule has 1 atom stereocenters. The van der Waals surface area contributed by atoms with Gasteiger partial charge in [-0.25, -0.2) is 17.6 Å². The first-order valence-electron chi connectivity index (χ1n) is 9.50. The maximum Gasteiger partial charge on any atom is 0.376 e. The Kier molecular flexibility index (Phi) is 9.45. The number of hydrogen-bond acceptors (Lipinski definition) is 0. The highest BCUT2D eigenvalue weighted by molar-refractivity contribution is 7.66. The molecule has 0 saturated carbocycles. The van der Waals surface area contributed by atoms with E-state index in [-0.39, 0.29) is 25.3 Å². The Labute approximate surface area is 169 Å². The third-order valence-corrected chi connectivity index (χ3v) is 7.26. The van der Waals surface area contributed by atoms with E-state index in [1.807, 2.05) is 0 Å². The van der Waals surface area contributed by atoms with E-state index < -0.39 is 73.0 Å². The van der Waals surface area contributed by atoms with E-state index >= 15 is 0 Å². The fourth-order valence-electron chi connectivity index (χ4n) is 2.81. The molecule has 1 rings (SSSR count). The zero-order chi connectivity index (χ0) is 23.3. The molecule has 0 radical (unpaired) electrons. The highest BCUT2D eigenvalue weighted by Gasteiger charge is 2.73. The van der Waals surface area contributed by atoms with Crippen molar-refractivity contribution in [1.82, 2.24) is 0 Å².